The lowest BCUT2D eigenvalue weighted by Gasteiger charge is -2.33. The second-order valence-corrected chi connectivity index (χ2v) is 14.0. The molecule has 3 aromatic rings. The number of nitro groups is 1. The highest BCUT2D eigenvalue weighted by Crippen LogP contribution is 2.45. The molecular formula is C29H35ClN5O7S+. The summed E-state index contributed by atoms with van der Waals surface area (Å²) in [6, 6.07) is 11.3. The minimum absolute atomic E-state index is 0.0247. The molecule has 0 bridgehead atoms. The second kappa shape index (κ2) is 12.6. The van der Waals surface area contributed by atoms with Crippen molar-refractivity contribution >= 4 is 33.0 Å². The van der Waals surface area contributed by atoms with Crippen LogP contribution in [0.4, 0.5) is 11.4 Å². The summed E-state index contributed by atoms with van der Waals surface area (Å²) in [6.07, 6.45) is 4.32. The van der Waals surface area contributed by atoms with Crippen LogP contribution in [-0.4, -0.2) is 67.6 Å². The SMILES string of the molecule is CC1(COc2c(N3CC[NH+](S(=O)(=O)Cc4ccc(CCCO)c([N+](=O)[O-])c4)CC3)cnn(-c3cccc(Cl)c3)c2=O)CC1. The van der Waals surface area contributed by atoms with Gasteiger partial charge >= 0.3 is 5.56 Å². The van der Waals surface area contributed by atoms with Crippen molar-refractivity contribution < 1.29 is 27.5 Å². The molecule has 2 N–H and O–H groups in total. The van der Waals surface area contributed by atoms with Gasteiger partial charge in [-0.3, -0.25) is 14.9 Å². The second-order valence-electron chi connectivity index (χ2n) is 11.5. The molecule has 14 heteroatoms. The number of anilines is 1. The van der Waals surface area contributed by atoms with E-state index in [1.54, 1.807) is 42.6 Å². The Morgan fingerprint density at radius 3 is 2.58 bits per heavy atom. The molecule has 0 radical (unpaired) electrons. The molecule has 12 nitrogen and oxygen atoms in total. The van der Waals surface area contributed by atoms with Crippen molar-refractivity contribution in [2.75, 3.05) is 44.3 Å². The van der Waals surface area contributed by atoms with Crippen LogP contribution in [-0.2, 0) is 22.2 Å². The minimum atomic E-state index is -3.70. The van der Waals surface area contributed by atoms with E-state index in [-0.39, 0.29) is 42.3 Å². The van der Waals surface area contributed by atoms with Crippen molar-refractivity contribution in [3.8, 4) is 11.4 Å². The van der Waals surface area contributed by atoms with Gasteiger partial charge in [0, 0.05) is 28.7 Å². The number of aliphatic hydroxyl groups is 1. The monoisotopic (exact) mass is 632 g/mol. The Morgan fingerprint density at radius 1 is 1.19 bits per heavy atom. The van der Waals surface area contributed by atoms with Crippen molar-refractivity contribution in [2.45, 2.75) is 38.4 Å². The lowest BCUT2D eigenvalue weighted by Crippen LogP contribution is -3.16. The van der Waals surface area contributed by atoms with Gasteiger partial charge in [-0.1, -0.05) is 36.7 Å². The normalized spacial score (nSPS) is 16.7. The fourth-order valence-corrected chi connectivity index (χ4v) is 6.98. The Kier molecular flexibility index (Phi) is 9.07. The number of quaternary nitrogens is 1. The van der Waals surface area contributed by atoms with Crippen molar-refractivity contribution in [1.82, 2.24) is 9.78 Å². The van der Waals surface area contributed by atoms with Gasteiger partial charge in [-0.05, 0) is 49.4 Å². The molecule has 2 fully saturated rings. The molecule has 2 aliphatic rings. The molecule has 43 heavy (non-hydrogen) atoms. The number of aromatic nitrogens is 2. The molecule has 1 saturated heterocycles. The third-order valence-electron chi connectivity index (χ3n) is 8.04. The van der Waals surface area contributed by atoms with Crippen LogP contribution < -0.4 is 19.5 Å². The molecule has 1 aliphatic carbocycles. The maximum absolute atomic E-state index is 13.6. The number of ether oxygens (including phenoxy) is 1. The van der Waals surface area contributed by atoms with Gasteiger partial charge in [-0.2, -0.15) is 18.2 Å². The number of nitro benzene ring substituents is 1. The number of piperazine rings is 1. The van der Waals surface area contributed by atoms with Crippen LogP contribution in [0.3, 0.4) is 0 Å². The molecule has 5 rings (SSSR count). The smallest absolute Gasteiger partial charge is 0.316 e. The van der Waals surface area contributed by atoms with Gasteiger partial charge in [0.25, 0.3) is 15.7 Å². The highest BCUT2D eigenvalue weighted by atomic mass is 35.5. The largest absolute Gasteiger partial charge is 0.486 e. The average molecular weight is 633 g/mol. The summed E-state index contributed by atoms with van der Waals surface area (Å²) in [5, 5.41) is 25.5. The Morgan fingerprint density at radius 2 is 1.93 bits per heavy atom. The summed E-state index contributed by atoms with van der Waals surface area (Å²) in [7, 11) is -3.70. The Balaban J connectivity index is 1.33. The number of rotatable bonds is 12. The van der Waals surface area contributed by atoms with Gasteiger partial charge in [0.15, 0.2) is 0 Å². The van der Waals surface area contributed by atoms with Gasteiger partial charge in [-0.25, -0.2) is 4.31 Å². The minimum Gasteiger partial charge on any atom is -0.486 e. The highest BCUT2D eigenvalue weighted by molar-refractivity contribution is 7.84. The van der Waals surface area contributed by atoms with E-state index < -0.39 is 20.5 Å². The zero-order valence-corrected chi connectivity index (χ0v) is 25.4. The molecule has 0 atom stereocenters. The van der Waals surface area contributed by atoms with E-state index in [1.165, 1.54) is 10.7 Å². The molecule has 1 saturated carbocycles. The van der Waals surface area contributed by atoms with Crippen LogP contribution in [0.5, 0.6) is 5.75 Å². The zero-order valence-electron chi connectivity index (χ0n) is 23.9. The third-order valence-corrected chi connectivity index (χ3v) is 10.3. The molecule has 1 aliphatic heterocycles. The first-order valence-corrected chi connectivity index (χ1v) is 16.2. The molecule has 0 unspecified atom stereocenters. The van der Waals surface area contributed by atoms with Crippen LogP contribution in [0.2, 0.25) is 5.02 Å². The molecule has 0 spiro atoms. The third kappa shape index (κ3) is 7.18. The van der Waals surface area contributed by atoms with E-state index in [0.29, 0.717) is 64.4 Å². The Hall–Kier alpha value is -3.52. The number of aliphatic hydroxyl groups excluding tert-OH is 1. The van der Waals surface area contributed by atoms with Gasteiger partial charge in [0.2, 0.25) is 5.75 Å². The number of nitrogens with zero attached hydrogens (tertiary/aromatic N) is 4. The number of hydrogen-bond acceptors (Lipinski definition) is 9. The molecular weight excluding hydrogens is 598 g/mol. The van der Waals surface area contributed by atoms with Crippen molar-refractivity contribution in [3.63, 3.8) is 0 Å². The number of nitrogens with one attached hydrogen (secondary N) is 1. The van der Waals surface area contributed by atoms with Crippen LogP contribution in [0.15, 0.2) is 53.5 Å². The average Bonchev–Trinajstić information content (AvgIpc) is 3.72. The first-order chi connectivity index (χ1) is 20.5. The van der Waals surface area contributed by atoms with E-state index in [2.05, 4.69) is 12.0 Å². The molecule has 230 valence electrons. The number of halogens is 1. The van der Waals surface area contributed by atoms with Crippen LogP contribution in [0, 0.1) is 15.5 Å². The summed E-state index contributed by atoms with van der Waals surface area (Å²) >= 11 is 6.15. The standard InChI is InChI=1S/C29H34ClN5O7S/c1-29(9-10-29)20-42-27-26(18-31-34(28(27)37)24-6-2-5-23(30)17-24)32-11-13-33(14-12-32)43(40,41)19-21-7-8-22(4-3-15-36)25(16-21)35(38)39/h2,5-8,16-18,36H,3-4,9-15,19-20H2,1H3/p+1. The number of benzene rings is 2. The van der Waals surface area contributed by atoms with Crippen molar-refractivity contribution in [1.29, 1.82) is 0 Å². The van der Waals surface area contributed by atoms with Crippen LogP contribution in [0.1, 0.15) is 37.3 Å². The van der Waals surface area contributed by atoms with Crippen molar-refractivity contribution in [2.24, 2.45) is 5.41 Å². The quantitative estimate of drug-likeness (QED) is 0.226. The van der Waals surface area contributed by atoms with Gasteiger partial charge in [0.05, 0.1) is 36.5 Å². The van der Waals surface area contributed by atoms with E-state index >= 15 is 0 Å². The molecule has 1 aromatic heterocycles. The van der Waals surface area contributed by atoms with Gasteiger partial charge in [0.1, 0.15) is 24.5 Å². The highest BCUT2D eigenvalue weighted by Gasteiger charge is 2.39. The molecule has 0 amide bonds. The van der Waals surface area contributed by atoms with Crippen LogP contribution in [0.25, 0.3) is 5.69 Å². The summed E-state index contributed by atoms with van der Waals surface area (Å²) in [4.78, 5) is 26.6. The van der Waals surface area contributed by atoms with Gasteiger partial charge in [-0.15, -0.1) is 0 Å². The van der Waals surface area contributed by atoms with E-state index in [0.717, 1.165) is 12.8 Å². The van der Waals surface area contributed by atoms with Crippen LogP contribution >= 0.6 is 11.6 Å². The van der Waals surface area contributed by atoms with Gasteiger partial charge < -0.3 is 14.7 Å². The first-order valence-electron chi connectivity index (χ1n) is 14.2. The van der Waals surface area contributed by atoms with Crippen molar-refractivity contribution in [3.05, 3.63) is 85.3 Å². The zero-order chi connectivity index (χ0) is 30.8. The predicted molar refractivity (Wildman–Crippen MR) is 162 cm³/mol. The van der Waals surface area contributed by atoms with E-state index in [4.69, 9.17) is 21.4 Å². The first kappa shape index (κ1) is 30.9. The lowest BCUT2D eigenvalue weighted by molar-refractivity contribution is -0.768. The molecule has 2 aromatic carbocycles. The Bertz CT molecular complexity index is 1670. The maximum atomic E-state index is 13.6. The Labute approximate surface area is 254 Å². The van der Waals surface area contributed by atoms with E-state index in [9.17, 15) is 23.3 Å². The fourth-order valence-electron chi connectivity index (χ4n) is 5.17. The lowest BCUT2D eigenvalue weighted by atomic mass is 10.1. The summed E-state index contributed by atoms with van der Waals surface area (Å²) in [6.45, 7) is 3.57. The predicted octanol–water partition coefficient (Wildman–Crippen LogP) is 2.13. The summed E-state index contributed by atoms with van der Waals surface area (Å²) < 4.78 is 34.4. The number of aryl methyl sites for hydroxylation is 1. The topological polar surface area (TPSA) is 149 Å². The maximum Gasteiger partial charge on any atom is 0.316 e. The molecule has 2 heterocycles. The summed E-state index contributed by atoms with van der Waals surface area (Å²) in [5.41, 5.74) is 1.28. The number of hydrogen-bond donors (Lipinski definition) is 2. The van der Waals surface area contributed by atoms with E-state index in [1.807, 2.05) is 4.90 Å². The fraction of sp³-hybridized carbons (Fsp3) is 0.448. The summed E-state index contributed by atoms with van der Waals surface area (Å²) in [5.74, 6) is -0.170. The number of sulfonamides is 1.